The lowest BCUT2D eigenvalue weighted by molar-refractivity contribution is -0.121. The topological polar surface area (TPSA) is 74.6 Å². The lowest BCUT2D eigenvalue weighted by Gasteiger charge is -2.13. The number of hydrogen-bond acceptors (Lipinski definition) is 4. The minimum atomic E-state index is -0.396. The predicted molar refractivity (Wildman–Crippen MR) is 65.0 cm³/mol. The number of amides is 2. The van der Waals surface area contributed by atoms with Crippen LogP contribution in [-0.2, 0) is 11.8 Å². The molecule has 6 nitrogen and oxygen atoms in total. The van der Waals surface area contributed by atoms with Crippen LogP contribution in [0.1, 0.15) is 16.9 Å². The first-order chi connectivity index (χ1) is 8.56. The summed E-state index contributed by atoms with van der Waals surface area (Å²) in [5, 5.41) is 11.7. The zero-order valence-electron chi connectivity index (χ0n) is 10.3. The number of carbonyl (C=O) groups is 2. The van der Waals surface area contributed by atoms with Gasteiger partial charge in [0.2, 0.25) is 5.91 Å². The van der Waals surface area contributed by atoms with Crippen LogP contribution in [0, 0.1) is 0 Å². The van der Waals surface area contributed by atoms with Gasteiger partial charge in [-0.2, -0.15) is 0 Å². The number of aromatic nitrogens is 1. The number of aliphatic hydroxyl groups is 1. The summed E-state index contributed by atoms with van der Waals surface area (Å²) in [6, 6.07) is 3.40. The van der Waals surface area contributed by atoms with Gasteiger partial charge in [-0.3, -0.25) is 19.8 Å². The van der Waals surface area contributed by atoms with Gasteiger partial charge in [-0.05, 0) is 18.6 Å². The van der Waals surface area contributed by atoms with Crippen LogP contribution in [0.15, 0.2) is 18.3 Å². The number of likely N-dealkylation sites (tertiary alicyclic amines) is 1. The number of hydrogen-bond donors (Lipinski definition) is 2. The molecular weight excluding hydrogens is 234 g/mol. The van der Waals surface area contributed by atoms with Crippen LogP contribution in [0.25, 0.3) is 0 Å². The second-order valence-electron chi connectivity index (χ2n) is 4.56. The second-order valence-corrected chi connectivity index (χ2v) is 4.56. The van der Waals surface area contributed by atoms with Gasteiger partial charge in [0.25, 0.3) is 5.91 Å². The Kier molecular flexibility index (Phi) is 3.78. The minimum absolute atomic E-state index is 0.146. The Balaban J connectivity index is 1.84. The Labute approximate surface area is 105 Å². The van der Waals surface area contributed by atoms with Crippen molar-refractivity contribution in [3.63, 3.8) is 0 Å². The Hall–Kier alpha value is -1.66. The number of carbonyl (C=O) groups excluding carboxylic acids is 2. The summed E-state index contributed by atoms with van der Waals surface area (Å²) >= 11 is 0. The van der Waals surface area contributed by atoms with Crippen LogP contribution in [0.5, 0.6) is 0 Å². The molecule has 1 aromatic rings. The van der Waals surface area contributed by atoms with E-state index in [1.165, 1.54) is 0 Å². The Bertz CT molecular complexity index is 455. The lowest BCUT2D eigenvalue weighted by Crippen LogP contribution is -2.40. The molecule has 2 rings (SSSR count). The molecule has 0 radical (unpaired) electrons. The molecule has 0 saturated carbocycles. The smallest absolute Gasteiger partial charge is 0.274 e. The minimum Gasteiger partial charge on any atom is -0.392 e. The van der Waals surface area contributed by atoms with E-state index in [4.69, 9.17) is 0 Å². The molecule has 1 aliphatic rings. The van der Waals surface area contributed by atoms with Gasteiger partial charge in [-0.1, -0.05) is 0 Å². The summed E-state index contributed by atoms with van der Waals surface area (Å²) < 4.78 is 1.65. The molecule has 1 atom stereocenters. The third-order valence-electron chi connectivity index (χ3n) is 3.04. The number of rotatable bonds is 3. The third-order valence-corrected chi connectivity index (χ3v) is 3.04. The molecule has 98 valence electrons. The molecule has 0 aliphatic carbocycles. The van der Waals surface area contributed by atoms with E-state index in [1.807, 2.05) is 4.90 Å². The van der Waals surface area contributed by atoms with Gasteiger partial charge >= 0.3 is 0 Å². The van der Waals surface area contributed by atoms with E-state index in [0.29, 0.717) is 25.2 Å². The van der Waals surface area contributed by atoms with Crippen molar-refractivity contribution in [2.75, 3.05) is 19.6 Å². The molecule has 6 heteroatoms. The molecule has 2 amide bonds. The van der Waals surface area contributed by atoms with Crippen LogP contribution in [0.2, 0.25) is 0 Å². The fourth-order valence-electron chi connectivity index (χ4n) is 2.09. The van der Waals surface area contributed by atoms with Crippen molar-refractivity contribution in [1.29, 1.82) is 0 Å². The number of nitrogens with zero attached hydrogens (tertiary/aromatic N) is 2. The first-order valence-electron chi connectivity index (χ1n) is 5.92. The molecule has 18 heavy (non-hydrogen) atoms. The van der Waals surface area contributed by atoms with Crippen molar-refractivity contribution in [2.24, 2.45) is 7.05 Å². The quantitative estimate of drug-likeness (QED) is 0.748. The van der Waals surface area contributed by atoms with Crippen LogP contribution >= 0.6 is 0 Å². The average Bonchev–Trinajstić information content (AvgIpc) is 2.87. The molecule has 0 bridgehead atoms. The number of aliphatic hydroxyl groups excluding tert-OH is 1. The van der Waals surface area contributed by atoms with Crippen molar-refractivity contribution < 1.29 is 14.7 Å². The van der Waals surface area contributed by atoms with Crippen molar-refractivity contribution in [2.45, 2.75) is 12.5 Å². The van der Waals surface area contributed by atoms with Crippen molar-refractivity contribution in [3.8, 4) is 0 Å². The lowest BCUT2D eigenvalue weighted by atomic mass is 10.3. The fourth-order valence-corrected chi connectivity index (χ4v) is 2.09. The molecule has 1 saturated heterocycles. The van der Waals surface area contributed by atoms with Crippen LogP contribution in [-0.4, -0.2) is 52.1 Å². The summed E-state index contributed by atoms with van der Waals surface area (Å²) in [6.07, 6.45) is 2.07. The van der Waals surface area contributed by atoms with E-state index < -0.39 is 5.91 Å². The Morgan fingerprint density at radius 2 is 2.33 bits per heavy atom. The SMILES string of the molecule is Cn1cccc1C(=O)NC(=O)CN1CC[C@@H](O)C1. The summed E-state index contributed by atoms with van der Waals surface area (Å²) in [4.78, 5) is 25.2. The van der Waals surface area contributed by atoms with Gasteiger partial charge in [0, 0.05) is 26.3 Å². The maximum atomic E-state index is 11.8. The first kappa shape index (κ1) is 12.8. The maximum Gasteiger partial charge on any atom is 0.274 e. The second kappa shape index (κ2) is 5.32. The highest BCUT2D eigenvalue weighted by molar-refractivity contribution is 6.04. The Morgan fingerprint density at radius 1 is 1.56 bits per heavy atom. The molecule has 2 heterocycles. The van der Waals surface area contributed by atoms with Crippen molar-refractivity contribution >= 4 is 11.8 Å². The average molecular weight is 251 g/mol. The van der Waals surface area contributed by atoms with Crippen molar-refractivity contribution in [3.05, 3.63) is 24.0 Å². The van der Waals surface area contributed by atoms with E-state index in [2.05, 4.69) is 5.32 Å². The molecule has 1 fully saturated rings. The van der Waals surface area contributed by atoms with Gasteiger partial charge in [0.15, 0.2) is 0 Å². The highest BCUT2D eigenvalue weighted by Gasteiger charge is 2.23. The Morgan fingerprint density at radius 3 is 2.89 bits per heavy atom. The summed E-state index contributed by atoms with van der Waals surface area (Å²) in [5.41, 5.74) is 0.449. The van der Waals surface area contributed by atoms with E-state index in [0.717, 1.165) is 0 Å². The van der Waals surface area contributed by atoms with Crippen LogP contribution in [0.4, 0.5) is 0 Å². The monoisotopic (exact) mass is 251 g/mol. The normalized spacial score (nSPS) is 20.0. The van der Waals surface area contributed by atoms with E-state index in [9.17, 15) is 14.7 Å². The largest absolute Gasteiger partial charge is 0.392 e. The van der Waals surface area contributed by atoms with Gasteiger partial charge in [-0.15, -0.1) is 0 Å². The third kappa shape index (κ3) is 2.96. The first-order valence-corrected chi connectivity index (χ1v) is 5.92. The van der Waals surface area contributed by atoms with Gasteiger partial charge < -0.3 is 9.67 Å². The zero-order chi connectivity index (χ0) is 13.1. The molecule has 1 aliphatic heterocycles. The van der Waals surface area contributed by atoms with E-state index in [-0.39, 0.29) is 18.6 Å². The van der Waals surface area contributed by atoms with E-state index >= 15 is 0 Å². The van der Waals surface area contributed by atoms with Gasteiger partial charge in [-0.25, -0.2) is 0 Å². The van der Waals surface area contributed by atoms with Crippen molar-refractivity contribution in [1.82, 2.24) is 14.8 Å². The summed E-state index contributed by atoms with van der Waals surface area (Å²) in [6.45, 7) is 1.33. The summed E-state index contributed by atoms with van der Waals surface area (Å²) in [5.74, 6) is -0.734. The highest BCUT2D eigenvalue weighted by Crippen LogP contribution is 2.07. The number of nitrogens with one attached hydrogen (secondary N) is 1. The highest BCUT2D eigenvalue weighted by atomic mass is 16.3. The van der Waals surface area contributed by atoms with Gasteiger partial charge in [0.05, 0.1) is 12.6 Å². The van der Waals surface area contributed by atoms with E-state index in [1.54, 1.807) is 29.9 Å². The number of imide groups is 1. The number of aryl methyl sites for hydroxylation is 1. The zero-order valence-corrected chi connectivity index (χ0v) is 10.3. The molecule has 0 unspecified atom stereocenters. The van der Waals surface area contributed by atoms with Crippen LogP contribution < -0.4 is 5.32 Å². The summed E-state index contributed by atoms with van der Waals surface area (Å²) in [7, 11) is 1.75. The molecule has 0 spiro atoms. The molecule has 2 N–H and O–H groups in total. The van der Waals surface area contributed by atoms with Crippen LogP contribution in [0.3, 0.4) is 0 Å². The molecule has 0 aromatic carbocycles. The number of β-amino-alcohol motifs (C(OH)–C–C–N with tert-alkyl or cyclic N) is 1. The predicted octanol–water partition coefficient (Wildman–Crippen LogP) is -0.652. The maximum absolute atomic E-state index is 11.8. The fraction of sp³-hybridized carbons (Fsp3) is 0.500. The molecular formula is C12H17N3O3. The standard InChI is InChI=1S/C12H17N3O3/c1-14-5-2-3-10(14)12(18)13-11(17)8-15-6-4-9(16)7-15/h2-3,5,9,16H,4,6-8H2,1H3,(H,13,17,18)/t9-/m1/s1. The molecule has 1 aromatic heterocycles. The van der Waals surface area contributed by atoms with Gasteiger partial charge in [0.1, 0.15) is 5.69 Å².